The number of hydrogen-bond donors (Lipinski definition) is 0. The molecule has 0 N–H and O–H groups in total. The van der Waals surface area contributed by atoms with Gasteiger partial charge in [-0.05, 0) is 18.4 Å². The Morgan fingerprint density at radius 3 is 2.50 bits per heavy atom. The number of carbonyl (C=O) groups is 1. The number of rotatable bonds is 3. The van der Waals surface area contributed by atoms with Crippen molar-refractivity contribution in [2.24, 2.45) is 5.41 Å². The van der Waals surface area contributed by atoms with Gasteiger partial charge in [-0.1, -0.05) is 49.6 Å². The van der Waals surface area contributed by atoms with E-state index in [0.717, 1.165) is 12.8 Å². The van der Waals surface area contributed by atoms with E-state index in [1.54, 1.807) is 0 Å². The molecule has 2 nitrogen and oxygen atoms in total. The van der Waals surface area contributed by atoms with E-state index in [1.807, 2.05) is 18.2 Å². The zero-order chi connectivity index (χ0) is 12.4. The molecule has 1 atom stereocenters. The molecule has 0 radical (unpaired) electrons. The fourth-order valence-electron chi connectivity index (χ4n) is 3.39. The van der Waals surface area contributed by atoms with Crippen LogP contribution < -0.4 is 0 Å². The van der Waals surface area contributed by atoms with Crippen LogP contribution in [0.4, 0.5) is 0 Å². The van der Waals surface area contributed by atoms with Gasteiger partial charge in [-0.25, -0.2) is 0 Å². The first-order valence-electron chi connectivity index (χ1n) is 7.00. The molecule has 1 spiro atoms. The molecule has 1 aromatic carbocycles. The minimum Gasteiger partial charge on any atom is -0.372 e. The molecule has 0 saturated heterocycles. The van der Waals surface area contributed by atoms with E-state index in [9.17, 15) is 4.79 Å². The third kappa shape index (κ3) is 1.99. The Kier molecular flexibility index (Phi) is 3.21. The van der Waals surface area contributed by atoms with Crippen LogP contribution in [0.15, 0.2) is 30.3 Å². The van der Waals surface area contributed by atoms with Crippen molar-refractivity contribution >= 4 is 5.78 Å². The first-order chi connectivity index (χ1) is 8.81. The van der Waals surface area contributed by atoms with Crippen molar-refractivity contribution in [3.63, 3.8) is 0 Å². The van der Waals surface area contributed by atoms with Gasteiger partial charge < -0.3 is 4.74 Å². The van der Waals surface area contributed by atoms with Crippen LogP contribution in [0.25, 0.3) is 0 Å². The van der Waals surface area contributed by atoms with E-state index in [1.165, 1.54) is 24.8 Å². The van der Waals surface area contributed by atoms with Crippen LogP contribution in [0.3, 0.4) is 0 Å². The SMILES string of the molecule is O=C1CC(OCc2ccccc2)C12CCCCC2. The maximum atomic E-state index is 11.9. The zero-order valence-electron chi connectivity index (χ0n) is 10.7. The monoisotopic (exact) mass is 244 g/mol. The second-order valence-electron chi connectivity index (χ2n) is 5.63. The molecule has 96 valence electrons. The highest BCUT2D eigenvalue weighted by atomic mass is 16.5. The lowest BCUT2D eigenvalue weighted by molar-refractivity contribution is -0.171. The second-order valence-corrected chi connectivity index (χ2v) is 5.63. The third-order valence-electron chi connectivity index (χ3n) is 4.58. The van der Waals surface area contributed by atoms with Gasteiger partial charge >= 0.3 is 0 Å². The van der Waals surface area contributed by atoms with Crippen molar-refractivity contribution in [1.29, 1.82) is 0 Å². The van der Waals surface area contributed by atoms with E-state index >= 15 is 0 Å². The first kappa shape index (κ1) is 11.9. The molecule has 0 aliphatic heterocycles. The van der Waals surface area contributed by atoms with Crippen molar-refractivity contribution in [2.75, 3.05) is 0 Å². The van der Waals surface area contributed by atoms with Crippen molar-refractivity contribution < 1.29 is 9.53 Å². The second kappa shape index (κ2) is 4.85. The van der Waals surface area contributed by atoms with Crippen LogP contribution in [-0.2, 0) is 16.1 Å². The van der Waals surface area contributed by atoms with E-state index < -0.39 is 0 Å². The summed E-state index contributed by atoms with van der Waals surface area (Å²) in [4.78, 5) is 11.9. The molecule has 0 bridgehead atoms. The Morgan fingerprint density at radius 2 is 1.83 bits per heavy atom. The first-order valence-corrected chi connectivity index (χ1v) is 7.00. The predicted octanol–water partition coefficient (Wildman–Crippen LogP) is 3.50. The fraction of sp³-hybridized carbons (Fsp3) is 0.562. The topological polar surface area (TPSA) is 26.3 Å². The van der Waals surface area contributed by atoms with Gasteiger partial charge in [-0.2, -0.15) is 0 Å². The molecule has 0 aromatic heterocycles. The summed E-state index contributed by atoms with van der Waals surface area (Å²) in [6.45, 7) is 0.639. The van der Waals surface area contributed by atoms with E-state index in [0.29, 0.717) is 18.8 Å². The Balaban J connectivity index is 1.62. The van der Waals surface area contributed by atoms with Crippen molar-refractivity contribution in [2.45, 2.75) is 51.2 Å². The summed E-state index contributed by atoms with van der Waals surface area (Å²) in [6, 6.07) is 10.2. The Morgan fingerprint density at radius 1 is 1.11 bits per heavy atom. The quantitative estimate of drug-likeness (QED) is 0.813. The highest BCUT2D eigenvalue weighted by Crippen LogP contribution is 2.50. The minimum absolute atomic E-state index is 0.104. The Hall–Kier alpha value is -1.15. The van der Waals surface area contributed by atoms with Gasteiger partial charge in [0.05, 0.1) is 18.1 Å². The molecule has 3 rings (SSSR count). The summed E-state index contributed by atoms with van der Waals surface area (Å²) < 4.78 is 6.01. The molecule has 2 fully saturated rings. The highest BCUT2D eigenvalue weighted by molar-refractivity contribution is 5.92. The van der Waals surface area contributed by atoms with Crippen LogP contribution in [0.2, 0.25) is 0 Å². The maximum Gasteiger partial charge on any atom is 0.144 e. The van der Waals surface area contributed by atoms with Crippen molar-refractivity contribution in [3.8, 4) is 0 Å². The lowest BCUT2D eigenvalue weighted by Gasteiger charge is -2.49. The van der Waals surface area contributed by atoms with Gasteiger partial charge in [-0.3, -0.25) is 4.79 Å². The molecule has 2 aliphatic rings. The summed E-state index contributed by atoms with van der Waals surface area (Å²) >= 11 is 0. The maximum absolute atomic E-state index is 11.9. The number of ketones is 1. The predicted molar refractivity (Wildman–Crippen MR) is 70.2 cm³/mol. The zero-order valence-corrected chi connectivity index (χ0v) is 10.7. The average Bonchev–Trinajstić information content (AvgIpc) is 2.45. The van der Waals surface area contributed by atoms with Crippen LogP contribution in [-0.4, -0.2) is 11.9 Å². The lowest BCUT2D eigenvalue weighted by Crippen LogP contribution is -2.56. The number of Topliss-reactive ketones (excluding diaryl/α,β-unsaturated/α-hetero) is 1. The van der Waals surface area contributed by atoms with Crippen LogP contribution >= 0.6 is 0 Å². The molecule has 2 saturated carbocycles. The van der Waals surface area contributed by atoms with Crippen molar-refractivity contribution in [1.82, 2.24) is 0 Å². The van der Waals surface area contributed by atoms with Gasteiger partial charge in [0.2, 0.25) is 0 Å². The van der Waals surface area contributed by atoms with Gasteiger partial charge in [0.1, 0.15) is 5.78 Å². The summed E-state index contributed by atoms with van der Waals surface area (Å²) in [5, 5.41) is 0. The smallest absolute Gasteiger partial charge is 0.144 e. The largest absolute Gasteiger partial charge is 0.372 e. The van der Waals surface area contributed by atoms with E-state index in [-0.39, 0.29) is 11.5 Å². The summed E-state index contributed by atoms with van der Waals surface area (Å²) in [7, 11) is 0. The molecule has 0 heterocycles. The lowest BCUT2D eigenvalue weighted by atomic mass is 9.57. The van der Waals surface area contributed by atoms with Crippen LogP contribution in [0.5, 0.6) is 0 Å². The third-order valence-corrected chi connectivity index (χ3v) is 4.58. The molecule has 18 heavy (non-hydrogen) atoms. The Labute approximate surface area is 108 Å². The molecular weight excluding hydrogens is 224 g/mol. The molecule has 2 aliphatic carbocycles. The normalized spacial score (nSPS) is 26.0. The number of carbonyl (C=O) groups excluding carboxylic acids is 1. The molecule has 2 heteroatoms. The molecule has 1 unspecified atom stereocenters. The molecule has 0 amide bonds. The van der Waals surface area contributed by atoms with Crippen molar-refractivity contribution in [3.05, 3.63) is 35.9 Å². The van der Waals surface area contributed by atoms with Gasteiger partial charge in [0, 0.05) is 6.42 Å². The number of ether oxygens (including phenoxy) is 1. The summed E-state index contributed by atoms with van der Waals surface area (Å²) in [5.74, 6) is 0.445. The van der Waals surface area contributed by atoms with Gasteiger partial charge in [0.15, 0.2) is 0 Å². The van der Waals surface area contributed by atoms with Crippen LogP contribution in [0, 0.1) is 5.41 Å². The number of hydrogen-bond acceptors (Lipinski definition) is 2. The molecular formula is C16H20O2. The highest BCUT2D eigenvalue weighted by Gasteiger charge is 2.55. The van der Waals surface area contributed by atoms with Crippen LogP contribution in [0.1, 0.15) is 44.1 Å². The Bertz CT molecular complexity index is 418. The molecule has 1 aromatic rings. The number of benzene rings is 1. The summed E-state index contributed by atoms with van der Waals surface area (Å²) in [6.07, 6.45) is 6.56. The average molecular weight is 244 g/mol. The fourth-order valence-corrected chi connectivity index (χ4v) is 3.39. The standard InChI is InChI=1S/C16H20O2/c17-14-11-15(16(14)9-5-2-6-10-16)18-12-13-7-3-1-4-8-13/h1,3-4,7-8,15H,2,5-6,9-12H2. The minimum atomic E-state index is -0.104. The van der Waals surface area contributed by atoms with E-state index in [4.69, 9.17) is 4.74 Å². The van der Waals surface area contributed by atoms with Gasteiger partial charge in [0.25, 0.3) is 0 Å². The van der Waals surface area contributed by atoms with Gasteiger partial charge in [-0.15, -0.1) is 0 Å². The van der Waals surface area contributed by atoms with E-state index in [2.05, 4.69) is 12.1 Å². The summed E-state index contributed by atoms with van der Waals surface area (Å²) in [5.41, 5.74) is 1.09.